The van der Waals surface area contributed by atoms with Gasteiger partial charge in [0.25, 0.3) is 0 Å². The van der Waals surface area contributed by atoms with E-state index in [4.69, 9.17) is 14.2 Å². The number of carbonyl (C=O) groups is 3. The van der Waals surface area contributed by atoms with Crippen molar-refractivity contribution < 1.29 is 28.6 Å². The first-order valence-electron chi connectivity index (χ1n) is 14.1. The molecule has 0 radical (unpaired) electrons. The maximum Gasteiger partial charge on any atom is 0.186 e. The quantitative estimate of drug-likeness (QED) is 0.207. The number of Topliss-reactive ketones (excluding diaryl/α,β-unsaturated/α-hetero) is 3. The lowest BCUT2D eigenvalue weighted by molar-refractivity contribution is 0.0664. The lowest BCUT2D eigenvalue weighted by atomic mass is 9.64. The van der Waals surface area contributed by atoms with E-state index in [0.717, 1.165) is 11.3 Å². The SMILES string of the molecule is COc1cccc(C(=O)C2C(c3cccc(OC)c3OC)C3(C(=O)c4ccccc4C3=O)C3C=Cc4ccccc4N23)c1. The highest BCUT2D eigenvalue weighted by atomic mass is 16.5. The Labute approximate surface area is 249 Å². The number of benzene rings is 4. The van der Waals surface area contributed by atoms with E-state index in [1.54, 1.807) is 67.8 Å². The van der Waals surface area contributed by atoms with E-state index < -0.39 is 23.4 Å². The third kappa shape index (κ3) is 3.57. The minimum atomic E-state index is -1.65. The Balaban J connectivity index is 1.58. The molecule has 7 rings (SSSR count). The molecule has 2 heterocycles. The molecule has 1 spiro atoms. The molecule has 2 aliphatic heterocycles. The molecule has 0 saturated carbocycles. The van der Waals surface area contributed by atoms with Crippen molar-refractivity contribution >= 4 is 29.1 Å². The monoisotopic (exact) mass is 571 g/mol. The van der Waals surface area contributed by atoms with Crippen LogP contribution < -0.4 is 19.1 Å². The Morgan fingerprint density at radius 3 is 2.16 bits per heavy atom. The van der Waals surface area contributed by atoms with Gasteiger partial charge in [0.2, 0.25) is 0 Å². The minimum Gasteiger partial charge on any atom is -0.497 e. The number of fused-ring (bicyclic) bond motifs is 5. The van der Waals surface area contributed by atoms with Crippen molar-refractivity contribution in [2.24, 2.45) is 5.41 Å². The first-order chi connectivity index (χ1) is 21.0. The number of carbonyl (C=O) groups excluding carboxylic acids is 3. The second-order valence-corrected chi connectivity index (χ2v) is 10.9. The standard InChI is InChI=1S/C36H29NO6/c1-41-23-12-8-11-22(20-23)32(38)31-30(26-15-9-17-28(42-2)33(26)43-3)36(34(39)24-13-5-6-14-25(24)35(36)40)29-19-18-21-10-4-7-16-27(21)37(29)31/h4-20,29-31H,1-3H3. The van der Waals surface area contributed by atoms with Crippen molar-refractivity contribution in [2.45, 2.75) is 18.0 Å². The van der Waals surface area contributed by atoms with Crippen LogP contribution in [0, 0.1) is 5.41 Å². The normalized spacial score (nSPS) is 20.9. The van der Waals surface area contributed by atoms with Crippen molar-refractivity contribution in [1.82, 2.24) is 0 Å². The summed E-state index contributed by atoms with van der Waals surface area (Å²) in [4.78, 5) is 46.6. The van der Waals surface area contributed by atoms with Crippen LogP contribution >= 0.6 is 0 Å². The number of nitrogens with zero attached hydrogens (tertiary/aromatic N) is 1. The predicted molar refractivity (Wildman–Crippen MR) is 163 cm³/mol. The number of hydrogen-bond donors (Lipinski definition) is 0. The largest absolute Gasteiger partial charge is 0.497 e. The number of hydrogen-bond acceptors (Lipinski definition) is 7. The van der Waals surface area contributed by atoms with Crippen LogP contribution in [0.15, 0.2) is 97.1 Å². The van der Waals surface area contributed by atoms with Crippen LogP contribution in [0.5, 0.6) is 17.2 Å². The van der Waals surface area contributed by atoms with Gasteiger partial charge in [-0.2, -0.15) is 0 Å². The molecular weight excluding hydrogens is 542 g/mol. The van der Waals surface area contributed by atoms with Gasteiger partial charge in [-0.25, -0.2) is 0 Å². The molecule has 43 heavy (non-hydrogen) atoms. The van der Waals surface area contributed by atoms with Crippen molar-refractivity contribution in [3.05, 3.63) is 125 Å². The van der Waals surface area contributed by atoms with E-state index in [1.165, 1.54) is 14.2 Å². The van der Waals surface area contributed by atoms with Gasteiger partial charge in [-0.15, -0.1) is 0 Å². The molecule has 7 heteroatoms. The van der Waals surface area contributed by atoms with Crippen LogP contribution in [0.2, 0.25) is 0 Å². The summed E-state index contributed by atoms with van der Waals surface area (Å²) < 4.78 is 17.0. The summed E-state index contributed by atoms with van der Waals surface area (Å²) in [6.45, 7) is 0. The fourth-order valence-electron chi connectivity index (χ4n) is 7.36. The second kappa shape index (κ2) is 9.98. The van der Waals surface area contributed by atoms with Crippen molar-refractivity contribution in [2.75, 3.05) is 26.2 Å². The maximum absolute atomic E-state index is 14.9. The van der Waals surface area contributed by atoms with Crippen LogP contribution in [0.4, 0.5) is 5.69 Å². The molecule has 1 saturated heterocycles. The Bertz CT molecular complexity index is 1810. The lowest BCUT2D eigenvalue weighted by Crippen LogP contribution is -2.48. The van der Waals surface area contributed by atoms with E-state index in [0.29, 0.717) is 39.5 Å². The van der Waals surface area contributed by atoms with E-state index in [1.807, 2.05) is 47.4 Å². The zero-order valence-corrected chi connectivity index (χ0v) is 23.9. The summed E-state index contributed by atoms with van der Waals surface area (Å²) >= 11 is 0. The fraction of sp³-hybridized carbons (Fsp3) is 0.194. The highest BCUT2D eigenvalue weighted by Gasteiger charge is 2.72. The van der Waals surface area contributed by atoms with Gasteiger partial charge in [-0.05, 0) is 29.8 Å². The Hall–Kier alpha value is -5.17. The smallest absolute Gasteiger partial charge is 0.186 e. The minimum absolute atomic E-state index is 0.239. The van der Waals surface area contributed by atoms with Gasteiger partial charge < -0.3 is 19.1 Å². The van der Waals surface area contributed by atoms with Gasteiger partial charge >= 0.3 is 0 Å². The van der Waals surface area contributed by atoms with Crippen LogP contribution in [0.25, 0.3) is 6.08 Å². The summed E-state index contributed by atoms with van der Waals surface area (Å²) in [6.07, 6.45) is 3.85. The molecule has 0 aromatic heterocycles. The summed E-state index contributed by atoms with van der Waals surface area (Å²) in [5, 5.41) is 0. The topological polar surface area (TPSA) is 82.1 Å². The molecule has 1 aliphatic carbocycles. The maximum atomic E-state index is 14.9. The zero-order chi connectivity index (χ0) is 29.9. The zero-order valence-electron chi connectivity index (χ0n) is 23.9. The first-order valence-corrected chi connectivity index (χ1v) is 14.1. The molecule has 3 atom stereocenters. The van der Waals surface area contributed by atoms with E-state index in [9.17, 15) is 14.4 Å². The highest BCUT2D eigenvalue weighted by Crippen LogP contribution is 2.62. The summed E-state index contributed by atoms with van der Waals surface area (Å²) in [5.74, 6) is -0.414. The molecule has 0 N–H and O–H groups in total. The number of methoxy groups -OCH3 is 3. The van der Waals surface area contributed by atoms with Crippen molar-refractivity contribution in [3.8, 4) is 17.2 Å². The van der Waals surface area contributed by atoms with Crippen molar-refractivity contribution in [1.29, 1.82) is 0 Å². The first kappa shape index (κ1) is 26.7. The average Bonchev–Trinajstić information content (AvgIpc) is 3.49. The molecule has 7 nitrogen and oxygen atoms in total. The van der Waals surface area contributed by atoms with Crippen LogP contribution in [-0.2, 0) is 0 Å². The number of ether oxygens (including phenoxy) is 3. The van der Waals surface area contributed by atoms with Crippen LogP contribution in [-0.4, -0.2) is 50.8 Å². The third-order valence-corrected chi connectivity index (χ3v) is 9.10. The predicted octanol–water partition coefficient (Wildman–Crippen LogP) is 6.03. The Morgan fingerprint density at radius 2 is 1.47 bits per heavy atom. The number of ketones is 3. The molecule has 0 bridgehead atoms. The summed E-state index contributed by atoms with van der Waals surface area (Å²) in [6, 6.07) is 25.3. The molecule has 3 unspecified atom stereocenters. The third-order valence-electron chi connectivity index (χ3n) is 9.10. The van der Waals surface area contributed by atoms with Gasteiger partial charge in [0.1, 0.15) is 17.2 Å². The Kier molecular flexibility index (Phi) is 6.20. The van der Waals surface area contributed by atoms with E-state index in [2.05, 4.69) is 0 Å². The van der Waals surface area contributed by atoms with Gasteiger partial charge in [-0.1, -0.05) is 78.9 Å². The molecule has 4 aromatic rings. The van der Waals surface area contributed by atoms with Gasteiger partial charge in [-0.3, -0.25) is 14.4 Å². The van der Waals surface area contributed by atoms with Crippen LogP contribution in [0.1, 0.15) is 48.1 Å². The number of para-hydroxylation sites is 2. The number of anilines is 1. The fourth-order valence-corrected chi connectivity index (χ4v) is 7.36. The molecule has 1 fully saturated rings. The molecule has 214 valence electrons. The second-order valence-electron chi connectivity index (χ2n) is 10.9. The lowest BCUT2D eigenvalue weighted by Gasteiger charge is -2.37. The number of rotatable bonds is 6. The van der Waals surface area contributed by atoms with Gasteiger partial charge in [0.15, 0.2) is 28.8 Å². The molecule has 0 amide bonds. The molecule has 4 aromatic carbocycles. The van der Waals surface area contributed by atoms with Gasteiger partial charge in [0, 0.05) is 33.9 Å². The average molecular weight is 572 g/mol. The summed E-state index contributed by atoms with van der Waals surface area (Å²) in [7, 11) is 4.61. The van der Waals surface area contributed by atoms with Crippen molar-refractivity contribution in [3.63, 3.8) is 0 Å². The molecule has 3 aliphatic rings. The van der Waals surface area contributed by atoms with Gasteiger partial charge in [0.05, 0.1) is 27.4 Å². The molecular formula is C36H29NO6. The van der Waals surface area contributed by atoms with E-state index >= 15 is 0 Å². The van der Waals surface area contributed by atoms with E-state index in [-0.39, 0.29) is 17.3 Å². The van der Waals surface area contributed by atoms with Crippen LogP contribution in [0.3, 0.4) is 0 Å². The summed E-state index contributed by atoms with van der Waals surface area (Å²) in [5.41, 5.74) is 1.71. The highest BCUT2D eigenvalue weighted by molar-refractivity contribution is 6.32. The Morgan fingerprint density at radius 1 is 0.767 bits per heavy atom.